The lowest BCUT2D eigenvalue weighted by atomic mass is 10.1. The highest BCUT2D eigenvalue weighted by molar-refractivity contribution is 5.40. The first-order valence-corrected chi connectivity index (χ1v) is 3.73. The Hall–Kier alpha value is -2.01. The van der Waals surface area contributed by atoms with Crippen LogP contribution in [0.1, 0.15) is 11.1 Å². The van der Waals surface area contributed by atoms with Gasteiger partial charge in [0.25, 0.3) is 0 Å². The minimum absolute atomic E-state index is 0.768. The Morgan fingerprint density at radius 3 is 1.80 bits per heavy atom. The summed E-state index contributed by atoms with van der Waals surface area (Å²) in [5.41, 5.74) is -2.06. The van der Waals surface area contributed by atoms with Gasteiger partial charge < -0.3 is 0 Å². The molecule has 0 heterocycles. The van der Waals surface area contributed by atoms with Gasteiger partial charge in [0.05, 0.1) is 12.5 Å². The van der Waals surface area contributed by atoms with E-state index in [-0.39, 0.29) is 0 Å². The lowest BCUT2D eigenvalue weighted by Gasteiger charge is -2.05. The lowest BCUT2D eigenvalue weighted by Crippen LogP contribution is -2.06. The fourth-order valence-corrected chi connectivity index (χ4v) is 1.04. The van der Waals surface area contributed by atoms with Crippen molar-refractivity contribution >= 4 is 0 Å². The first-order valence-electron chi connectivity index (χ1n) is 3.73. The molecule has 0 aliphatic carbocycles. The maximum absolute atomic E-state index is 13.0. The van der Waals surface area contributed by atoms with Crippen LogP contribution in [-0.2, 0) is 6.42 Å². The molecule has 0 spiro atoms. The molecule has 0 bridgehead atoms. The van der Waals surface area contributed by atoms with Crippen molar-refractivity contribution < 1.29 is 17.6 Å². The van der Waals surface area contributed by atoms with E-state index in [4.69, 9.17) is 5.26 Å². The summed E-state index contributed by atoms with van der Waals surface area (Å²) in [6.07, 6.45) is 3.92. The van der Waals surface area contributed by atoms with Crippen LogP contribution in [0.15, 0.2) is 0 Å². The SMILES string of the molecule is C#Cc1c(F)c(F)c(CC#N)c(F)c1F. The molecule has 0 fully saturated rings. The van der Waals surface area contributed by atoms with Gasteiger partial charge in [-0.05, 0) is 0 Å². The van der Waals surface area contributed by atoms with Crippen LogP contribution in [-0.4, -0.2) is 0 Å². The molecule has 1 nitrogen and oxygen atoms in total. The first kappa shape index (κ1) is 11.1. The van der Waals surface area contributed by atoms with Crippen molar-refractivity contribution in [1.29, 1.82) is 5.26 Å². The summed E-state index contributed by atoms with van der Waals surface area (Å²) in [6.45, 7) is 0. The molecule has 1 aromatic rings. The minimum atomic E-state index is -1.65. The van der Waals surface area contributed by atoms with E-state index in [1.807, 2.05) is 0 Å². The summed E-state index contributed by atoms with van der Waals surface area (Å²) in [4.78, 5) is 0. The Kier molecular flexibility index (Phi) is 2.96. The predicted molar refractivity (Wildman–Crippen MR) is 43.5 cm³/mol. The summed E-state index contributed by atoms with van der Waals surface area (Å²) in [5, 5.41) is 8.21. The molecule has 0 aliphatic rings. The van der Waals surface area contributed by atoms with Crippen molar-refractivity contribution in [1.82, 2.24) is 0 Å². The van der Waals surface area contributed by atoms with E-state index in [2.05, 4.69) is 6.42 Å². The molecule has 1 aromatic carbocycles. The molecular weight excluding hydrogens is 210 g/mol. The summed E-state index contributed by atoms with van der Waals surface area (Å²) in [6, 6.07) is 1.39. The Balaban J connectivity index is 3.62. The highest BCUT2D eigenvalue weighted by atomic mass is 19.2. The van der Waals surface area contributed by atoms with Crippen LogP contribution < -0.4 is 0 Å². The predicted octanol–water partition coefficient (Wildman–Crippen LogP) is 2.29. The fourth-order valence-electron chi connectivity index (χ4n) is 1.04. The number of hydrogen-bond acceptors (Lipinski definition) is 1. The molecule has 0 amide bonds. The van der Waals surface area contributed by atoms with Gasteiger partial charge in [-0.15, -0.1) is 6.42 Å². The second-order valence-corrected chi connectivity index (χ2v) is 2.59. The normalized spacial score (nSPS) is 9.47. The van der Waals surface area contributed by atoms with E-state index in [1.54, 1.807) is 0 Å². The van der Waals surface area contributed by atoms with Crippen molar-refractivity contribution in [2.75, 3.05) is 0 Å². The fraction of sp³-hybridized carbons (Fsp3) is 0.100. The number of hydrogen-bond donors (Lipinski definition) is 0. The van der Waals surface area contributed by atoms with Crippen molar-refractivity contribution in [3.63, 3.8) is 0 Å². The lowest BCUT2D eigenvalue weighted by molar-refractivity contribution is 0.439. The standard InChI is InChI=1S/C10H3F4N/c1-2-5-7(11)9(13)6(3-4-15)10(14)8(5)12/h1H,3H2. The second-order valence-electron chi connectivity index (χ2n) is 2.59. The van der Waals surface area contributed by atoms with E-state index >= 15 is 0 Å². The number of nitriles is 1. The molecular formula is C10H3F4N. The van der Waals surface area contributed by atoms with E-state index in [9.17, 15) is 17.6 Å². The third kappa shape index (κ3) is 1.64. The molecule has 0 unspecified atom stereocenters. The van der Waals surface area contributed by atoms with Gasteiger partial charge in [0.1, 0.15) is 5.56 Å². The van der Waals surface area contributed by atoms with Crippen molar-refractivity contribution in [2.24, 2.45) is 0 Å². The van der Waals surface area contributed by atoms with E-state index in [0.717, 1.165) is 0 Å². The molecule has 76 valence electrons. The second kappa shape index (κ2) is 4.02. The Morgan fingerprint density at radius 2 is 1.47 bits per heavy atom. The van der Waals surface area contributed by atoms with Crippen LogP contribution in [0.3, 0.4) is 0 Å². The smallest absolute Gasteiger partial charge is 0.177 e. The average Bonchev–Trinajstić information content (AvgIpc) is 2.23. The summed E-state index contributed by atoms with van der Waals surface area (Å²) in [5.74, 6) is -5.04. The Labute approximate surface area is 82.9 Å². The quantitative estimate of drug-likeness (QED) is 0.399. The number of benzene rings is 1. The van der Waals surface area contributed by atoms with Gasteiger partial charge in [-0.25, -0.2) is 17.6 Å². The van der Waals surface area contributed by atoms with Gasteiger partial charge in [0.2, 0.25) is 0 Å². The average molecular weight is 213 g/mol. The molecule has 5 heteroatoms. The van der Waals surface area contributed by atoms with Gasteiger partial charge in [-0.1, -0.05) is 5.92 Å². The zero-order chi connectivity index (χ0) is 11.6. The molecule has 0 aliphatic heterocycles. The number of halogens is 4. The van der Waals surface area contributed by atoms with Gasteiger partial charge in [0, 0.05) is 5.56 Å². The van der Waals surface area contributed by atoms with Crippen LogP contribution in [0.4, 0.5) is 17.6 Å². The molecule has 0 atom stereocenters. The summed E-state index contributed by atoms with van der Waals surface area (Å²) >= 11 is 0. The number of terminal acetylenes is 1. The molecule has 0 saturated heterocycles. The zero-order valence-electron chi connectivity index (χ0n) is 7.24. The van der Waals surface area contributed by atoms with E-state index in [1.165, 1.54) is 12.0 Å². The van der Waals surface area contributed by atoms with Crippen molar-refractivity contribution in [3.8, 4) is 18.4 Å². The zero-order valence-corrected chi connectivity index (χ0v) is 7.24. The molecule has 1 rings (SSSR count). The van der Waals surface area contributed by atoms with Gasteiger partial charge >= 0.3 is 0 Å². The largest absolute Gasteiger partial charge is 0.203 e. The summed E-state index contributed by atoms with van der Waals surface area (Å²) < 4.78 is 52.1. The maximum Gasteiger partial charge on any atom is 0.177 e. The highest BCUT2D eigenvalue weighted by Gasteiger charge is 2.23. The van der Waals surface area contributed by atoms with E-state index in [0.29, 0.717) is 0 Å². The Bertz CT molecular complexity index is 465. The maximum atomic E-state index is 13.0. The van der Waals surface area contributed by atoms with Crippen LogP contribution in [0.5, 0.6) is 0 Å². The van der Waals surface area contributed by atoms with Gasteiger partial charge in [-0.3, -0.25) is 0 Å². The monoisotopic (exact) mass is 213 g/mol. The van der Waals surface area contributed by atoms with Crippen LogP contribution in [0.2, 0.25) is 0 Å². The molecule has 0 N–H and O–H groups in total. The third-order valence-corrected chi connectivity index (χ3v) is 1.75. The first-order chi connectivity index (χ1) is 7.04. The number of nitrogens with zero attached hydrogens (tertiary/aromatic N) is 1. The highest BCUT2D eigenvalue weighted by Crippen LogP contribution is 2.23. The van der Waals surface area contributed by atoms with E-state index < -0.39 is 40.8 Å². The van der Waals surface area contributed by atoms with Crippen LogP contribution in [0.25, 0.3) is 0 Å². The summed E-state index contributed by atoms with van der Waals surface area (Å²) in [7, 11) is 0. The van der Waals surface area contributed by atoms with Crippen molar-refractivity contribution in [3.05, 3.63) is 34.4 Å². The molecule has 0 radical (unpaired) electrons. The van der Waals surface area contributed by atoms with Crippen LogP contribution >= 0.6 is 0 Å². The molecule has 15 heavy (non-hydrogen) atoms. The molecule has 0 aromatic heterocycles. The topological polar surface area (TPSA) is 23.8 Å². The number of rotatable bonds is 1. The molecule has 0 saturated carbocycles. The van der Waals surface area contributed by atoms with Crippen molar-refractivity contribution in [2.45, 2.75) is 6.42 Å². The van der Waals surface area contributed by atoms with Gasteiger partial charge in [0.15, 0.2) is 23.3 Å². The van der Waals surface area contributed by atoms with Crippen LogP contribution in [0, 0.1) is 46.9 Å². The van der Waals surface area contributed by atoms with Gasteiger partial charge in [-0.2, -0.15) is 5.26 Å². The third-order valence-electron chi connectivity index (χ3n) is 1.75. The minimum Gasteiger partial charge on any atom is -0.203 e. The Morgan fingerprint density at radius 1 is 1.00 bits per heavy atom.